The normalized spacial score (nSPS) is 11.9. The zero-order valence-corrected chi connectivity index (χ0v) is 16.8. The van der Waals surface area contributed by atoms with Crippen LogP contribution in [0.25, 0.3) is 6.08 Å². The highest BCUT2D eigenvalue weighted by atomic mass is 16.5. The second-order valence-electron chi connectivity index (χ2n) is 6.39. The van der Waals surface area contributed by atoms with Crippen LogP contribution in [-0.4, -0.2) is 31.0 Å². The average molecular weight is 396 g/mol. The highest BCUT2D eigenvalue weighted by Gasteiger charge is 2.22. The minimum Gasteiger partial charge on any atom is -0.495 e. The molecule has 2 aromatic carbocycles. The Morgan fingerprint density at radius 3 is 2.38 bits per heavy atom. The van der Waals surface area contributed by atoms with Crippen molar-refractivity contribution >= 4 is 29.5 Å². The fourth-order valence-electron chi connectivity index (χ4n) is 2.48. The van der Waals surface area contributed by atoms with Gasteiger partial charge in [0.05, 0.1) is 12.8 Å². The van der Waals surface area contributed by atoms with Crippen molar-refractivity contribution in [3.05, 3.63) is 65.4 Å². The summed E-state index contributed by atoms with van der Waals surface area (Å²) in [5, 5.41) is 5.13. The third kappa shape index (κ3) is 6.49. The van der Waals surface area contributed by atoms with Crippen LogP contribution in [0.15, 0.2) is 54.2 Å². The number of ether oxygens (including phenoxy) is 2. The SMILES string of the molecule is COc1ccc(C)cc1NC(=O)[C@@H](C)OC(=O)/C(=C/c1ccccc1)NC(C)=O. The second kappa shape index (κ2) is 10.1. The van der Waals surface area contributed by atoms with Gasteiger partial charge in [-0.2, -0.15) is 0 Å². The van der Waals surface area contributed by atoms with E-state index in [0.717, 1.165) is 5.56 Å². The first kappa shape index (κ1) is 21.7. The lowest BCUT2D eigenvalue weighted by atomic mass is 10.2. The Balaban J connectivity index is 2.12. The predicted octanol–water partition coefficient (Wildman–Crippen LogP) is 3.05. The molecule has 1 atom stereocenters. The number of aryl methyl sites for hydroxylation is 1. The smallest absolute Gasteiger partial charge is 0.355 e. The molecule has 0 unspecified atom stereocenters. The topological polar surface area (TPSA) is 93.7 Å². The molecule has 0 saturated heterocycles. The third-order valence-electron chi connectivity index (χ3n) is 3.91. The molecule has 0 saturated carbocycles. The van der Waals surface area contributed by atoms with E-state index in [1.165, 1.54) is 27.0 Å². The summed E-state index contributed by atoms with van der Waals surface area (Å²) in [4.78, 5) is 36.5. The van der Waals surface area contributed by atoms with E-state index in [-0.39, 0.29) is 5.70 Å². The van der Waals surface area contributed by atoms with Crippen LogP contribution in [0.2, 0.25) is 0 Å². The van der Waals surface area contributed by atoms with Gasteiger partial charge in [-0.1, -0.05) is 36.4 Å². The maximum absolute atomic E-state index is 12.5. The number of amides is 2. The van der Waals surface area contributed by atoms with Crippen molar-refractivity contribution in [3.8, 4) is 5.75 Å². The van der Waals surface area contributed by atoms with Gasteiger partial charge in [0.2, 0.25) is 5.91 Å². The Hall–Kier alpha value is -3.61. The summed E-state index contributed by atoms with van der Waals surface area (Å²) in [5.41, 5.74) is 2.05. The van der Waals surface area contributed by atoms with Crippen LogP contribution in [0, 0.1) is 6.92 Å². The summed E-state index contributed by atoms with van der Waals surface area (Å²) in [7, 11) is 1.50. The van der Waals surface area contributed by atoms with E-state index in [1.807, 2.05) is 19.1 Å². The molecule has 2 N–H and O–H groups in total. The molecule has 152 valence electrons. The molecule has 0 aliphatic rings. The van der Waals surface area contributed by atoms with E-state index >= 15 is 0 Å². The van der Waals surface area contributed by atoms with Gasteiger partial charge in [-0.15, -0.1) is 0 Å². The fraction of sp³-hybridized carbons (Fsp3) is 0.227. The van der Waals surface area contributed by atoms with Gasteiger partial charge in [0.25, 0.3) is 5.91 Å². The third-order valence-corrected chi connectivity index (χ3v) is 3.91. The molecule has 0 spiro atoms. The molecular weight excluding hydrogens is 372 g/mol. The summed E-state index contributed by atoms with van der Waals surface area (Å²) in [6.45, 7) is 4.61. The van der Waals surface area contributed by atoms with E-state index < -0.39 is 23.9 Å². The summed E-state index contributed by atoms with van der Waals surface area (Å²) in [6, 6.07) is 14.3. The number of methoxy groups -OCH3 is 1. The van der Waals surface area contributed by atoms with Crippen LogP contribution < -0.4 is 15.4 Å². The lowest BCUT2D eigenvalue weighted by Crippen LogP contribution is -2.34. The van der Waals surface area contributed by atoms with Crippen LogP contribution in [0.4, 0.5) is 5.69 Å². The highest BCUT2D eigenvalue weighted by molar-refractivity contribution is 6.01. The van der Waals surface area contributed by atoms with Gasteiger partial charge < -0.3 is 20.1 Å². The molecule has 0 aromatic heterocycles. The molecule has 2 rings (SSSR count). The molecule has 7 nitrogen and oxygen atoms in total. The van der Waals surface area contributed by atoms with E-state index in [0.29, 0.717) is 17.0 Å². The molecule has 0 fully saturated rings. The largest absolute Gasteiger partial charge is 0.495 e. The number of hydrogen-bond donors (Lipinski definition) is 2. The Bertz CT molecular complexity index is 922. The van der Waals surface area contributed by atoms with Crippen molar-refractivity contribution in [1.82, 2.24) is 5.32 Å². The summed E-state index contributed by atoms with van der Waals surface area (Å²) >= 11 is 0. The molecule has 0 aliphatic heterocycles. The van der Waals surface area contributed by atoms with E-state index in [4.69, 9.17) is 9.47 Å². The van der Waals surface area contributed by atoms with Crippen molar-refractivity contribution in [3.63, 3.8) is 0 Å². The summed E-state index contributed by atoms with van der Waals surface area (Å²) in [5.74, 6) is -1.27. The van der Waals surface area contributed by atoms with Crippen molar-refractivity contribution in [2.45, 2.75) is 26.9 Å². The maximum atomic E-state index is 12.5. The number of benzene rings is 2. The quantitative estimate of drug-likeness (QED) is 0.554. The standard InChI is InChI=1S/C22H24N2O5/c1-14-10-11-20(28-4)18(12-14)24-21(26)15(2)29-22(27)19(23-16(3)25)13-17-8-6-5-7-9-17/h5-13,15H,1-4H3,(H,23,25)(H,24,26)/b19-13-/t15-/m1/s1. The molecule has 0 radical (unpaired) electrons. The van der Waals surface area contributed by atoms with Gasteiger partial charge in [-0.25, -0.2) is 4.79 Å². The van der Waals surface area contributed by atoms with Gasteiger partial charge in [-0.05, 0) is 43.2 Å². The Morgan fingerprint density at radius 1 is 1.07 bits per heavy atom. The van der Waals surface area contributed by atoms with Crippen molar-refractivity contribution in [2.75, 3.05) is 12.4 Å². The summed E-state index contributed by atoms with van der Waals surface area (Å²) in [6.07, 6.45) is 0.387. The number of carbonyl (C=O) groups is 3. The zero-order valence-electron chi connectivity index (χ0n) is 16.8. The van der Waals surface area contributed by atoms with Gasteiger partial charge >= 0.3 is 5.97 Å². The molecule has 0 bridgehead atoms. The van der Waals surface area contributed by atoms with Crippen molar-refractivity contribution < 1.29 is 23.9 Å². The van der Waals surface area contributed by atoms with E-state index in [2.05, 4.69) is 10.6 Å². The van der Waals surface area contributed by atoms with Gasteiger partial charge in [-0.3, -0.25) is 9.59 Å². The molecule has 0 aliphatic carbocycles. The molecule has 0 heterocycles. The fourth-order valence-corrected chi connectivity index (χ4v) is 2.48. The van der Waals surface area contributed by atoms with Gasteiger partial charge in [0, 0.05) is 6.92 Å². The lowest BCUT2D eigenvalue weighted by Gasteiger charge is -2.16. The Morgan fingerprint density at radius 2 is 1.76 bits per heavy atom. The van der Waals surface area contributed by atoms with Crippen molar-refractivity contribution in [1.29, 1.82) is 0 Å². The summed E-state index contributed by atoms with van der Waals surface area (Å²) < 4.78 is 10.5. The first-order valence-corrected chi connectivity index (χ1v) is 9.01. The maximum Gasteiger partial charge on any atom is 0.355 e. The minimum absolute atomic E-state index is 0.0588. The van der Waals surface area contributed by atoms with Gasteiger partial charge in [0.1, 0.15) is 11.4 Å². The first-order valence-electron chi connectivity index (χ1n) is 9.01. The van der Waals surface area contributed by atoms with E-state index in [1.54, 1.807) is 36.4 Å². The van der Waals surface area contributed by atoms with Gasteiger partial charge in [0.15, 0.2) is 6.10 Å². The predicted molar refractivity (Wildman–Crippen MR) is 110 cm³/mol. The number of anilines is 1. The Kier molecular flexibility index (Phi) is 7.54. The van der Waals surface area contributed by atoms with Crippen molar-refractivity contribution in [2.24, 2.45) is 0 Å². The van der Waals surface area contributed by atoms with Crippen LogP contribution in [-0.2, 0) is 19.1 Å². The zero-order chi connectivity index (χ0) is 21.4. The minimum atomic E-state index is -1.10. The highest BCUT2D eigenvalue weighted by Crippen LogP contribution is 2.25. The molecule has 2 amide bonds. The van der Waals surface area contributed by atoms with E-state index in [9.17, 15) is 14.4 Å². The monoisotopic (exact) mass is 396 g/mol. The van der Waals surface area contributed by atoms with Crippen LogP contribution >= 0.6 is 0 Å². The Labute approximate surface area is 169 Å². The average Bonchev–Trinajstić information content (AvgIpc) is 2.68. The van der Waals surface area contributed by atoms with Crippen LogP contribution in [0.3, 0.4) is 0 Å². The number of carbonyl (C=O) groups excluding carboxylic acids is 3. The van der Waals surface area contributed by atoms with Crippen LogP contribution in [0.1, 0.15) is 25.0 Å². The number of nitrogens with one attached hydrogen (secondary N) is 2. The molecular formula is C22H24N2O5. The lowest BCUT2D eigenvalue weighted by molar-refractivity contribution is -0.149. The molecule has 2 aromatic rings. The number of rotatable bonds is 7. The number of esters is 1. The van der Waals surface area contributed by atoms with Crippen LogP contribution in [0.5, 0.6) is 5.75 Å². The molecule has 7 heteroatoms. The second-order valence-corrected chi connectivity index (χ2v) is 6.39. The molecule has 29 heavy (non-hydrogen) atoms. The number of hydrogen-bond acceptors (Lipinski definition) is 5. The first-order chi connectivity index (χ1) is 13.8.